The summed E-state index contributed by atoms with van der Waals surface area (Å²) in [5.74, 6) is -4.24. The number of benzene rings is 2. The maximum Gasteiger partial charge on any atom is 0.329 e. The summed E-state index contributed by atoms with van der Waals surface area (Å²) < 4.78 is 14.3. The molecule has 1 aliphatic heterocycles. The summed E-state index contributed by atoms with van der Waals surface area (Å²) in [7, 11) is 0. The molecule has 9 atom stereocenters. The van der Waals surface area contributed by atoms with E-state index < -0.39 is 72.0 Å². The molecule has 4 heterocycles. The minimum Gasteiger partial charge on any atom is -0.506 e. The fourth-order valence-corrected chi connectivity index (χ4v) is 7.19. The summed E-state index contributed by atoms with van der Waals surface area (Å²) in [6.45, 7) is 3.50. The Hall–Kier alpha value is -4.86. The summed E-state index contributed by atoms with van der Waals surface area (Å²) >= 11 is 24.5. The van der Waals surface area contributed by atoms with Gasteiger partial charge in [0, 0.05) is 57.1 Å². The zero-order valence-electron chi connectivity index (χ0n) is 32.2. The topological polar surface area (TPSA) is 277 Å². The molecule has 3 aromatic heterocycles. The Morgan fingerprint density at radius 1 is 1.03 bits per heavy atom. The van der Waals surface area contributed by atoms with Gasteiger partial charge in [-0.05, 0) is 42.0 Å². The number of carbonyl (C=O) groups excluding carboxylic acids is 2. The van der Waals surface area contributed by atoms with Crippen molar-refractivity contribution in [2.75, 3.05) is 0 Å². The number of nitrogens with one attached hydrogen (secondary N) is 2. The first-order valence-corrected chi connectivity index (χ1v) is 19.8. The Kier molecular flexibility index (Phi) is 16.1. The molecule has 0 spiro atoms. The molecule has 18 nitrogen and oxygen atoms in total. The van der Waals surface area contributed by atoms with Gasteiger partial charge in [0.2, 0.25) is 5.91 Å². The third-order valence-electron chi connectivity index (χ3n) is 9.71. The molecule has 1 aliphatic rings. The van der Waals surface area contributed by atoms with Crippen molar-refractivity contribution < 1.29 is 49.4 Å². The maximum absolute atomic E-state index is 12.7. The second kappa shape index (κ2) is 20.8. The number of pyridine rings is 1. The van der Waals surface area contributed by atoms with Crippen LogP contribution >= 0.6 is 46.4 Å². The standard InChI is InChI=1S/C21H27N5O10.C18H14Cl4N2O/c1-7(14(29)10-4-3-9(28)5-23-10)12(22)18(32)25-13(20(33)34)17-15(30)16(31)19(36-17)26-6-11(8(2)27)24-21(26)35;19-13-2-1-12(16(21)7-13)10-25-18(9-24-6-5-23-11-24)15-4-3-14(20)8-17(15)22/h3-7,12-17,19,28-31H,22H2,1-2H3,(H,24,35)(H,25,32)(H,33,34);1-8,11,18H,9-10H2/t7-,12-,13-,14-,15+,16-,17?,19+;/m0./s1. The highest BCUT2D eigenvalue weighted by molar-refractivity contribution is 6.35. The number of aromatic hydroxyl groups is 1. The van der Waals surface area contributed by atoms with Crippen LogP contribution in [-0.4, -0.2) is 97.7 Å². The van der Waals surface area contributed by atoms with E-state index in [1.807, 2.05) is 22.9 Å². The molecule has 1 amide bonds. The van der Waals surface area contributed by atoms with Crippen molar-refractivity contribution in [2.24, 2.45) is 11.7 Å². The third kappa shape index (κ3) is 11.7. The largest absolute Gasteiger partial charge is 0.506 e. The number of H-pyrrole nitrogens is 1. The number of aromatic nitrogens is 5. The first-order chi connectivity index (χ1) is 28.9. The van der Waals surface area contributed by atoms with Crippen molar-refractivity contribution in [1.82, 2.24) is 29.4 Å². The van der Waals surface area contributed by atoms with Gasteiger partial charge < -0.3 is 55.6 Å². The number of carboxylic acid groups (broad SMARTS) is 1. The molecule has 1 saturated heterocycles. The first kappa shape index (κ1) is 47.2. The normalized spacial score (nSPS) is 19.8. The molecule has 61 heavy (non-hydrogen) atoms. The predicted molar refractivity (Wildman–Crippen MR) is 221 cm³/mol. The summed E-state index contributed by atoms with van der Waals surface area (Å²) in [5.41, 5.74) is 6.80. The van der Waals surface area contributed by atoms with Crippen LogP contribution in [0.1, 0.15) is 59.6 Å². The van der Waals surface area contributed by atoms with Crippen molar-refractivity contribution >= 4 is 64.1 Å². The van der Waals surface area contributed by atoms with Crippen molar-refractivity contribution in [3.63, 3.8) is 0 Å². The SMILES string of the molecule is CC(=O)c1cn([C@@H]2OC([C@H](NC(=O)[C@@H](N)[C@H](C)[C@H](O)c3ccc(O)cn3)C(=O)O)[C@H](O)[C@@H]2O)c(=O)[nH]1.Clc1ccc(COC(Cn2ccnc2)c2ccc(Cl)cc2Cl)c(Cl)c1. The Morgan fingerprint density at radius 3 is 2.30 bits per heavy atom. The average Bonchev–Trinajstić information content (AvgIpc) is 3.95. The number of aliphatic hydroxyl groups excluding tert-OH is 3. The van der Waals surface area contributed by atoms with Crippen LogP contribution in [0.5, 0.6) is 5.75 Å². The van der Waals surface area contributed by atoms with E-state index in [0.29, 0.717) is 33.2 Å². The lowest BCUT2D eigenvalue weighted by atomic mass is 9.92. The fourth-order valence-electron chi connectivity index (χ4n) is 6.20. The number of carbonyl (C=O) groups is 3. The second-order valence-electron chi connectivity index (χ2n) is 14.0. The summed E-state index contributed by atoms with van der Waals surface area (Å²) in [6.07, 6.45) is -1.06. The van der Waals surface area contributed by atoms with Gasteiger partial charge in [-0.1, -0.05) is 65.5 Å². The molecule has 2 aromatic carbocycles. The molecule has 6 rings (SSSR count). The molecule has 0 saturated carbocycles. The molecule has 5 aromatic rings. The number of ketones is 1. The van der Waals surface area contributed by atoms with Crippen LogP contribution in [-0.2, 0) is 32.2 Å². The minimum atomic E-state index is -1.91. The highest BCUT2D eigenvalue weighted by atomic mass is 35.5. The molecular weight excluding hydrogens is 884 g/mol. The van der Waals surface area contributed by atoms with E-state index in [2.05, 4.69) is 20.3 Å². The van der Waals surface area contributed by atoms with Crippen molar-refractivity contribution in [3.8, 4) is 5.75 Å². The van der Waals surface area contributed by atoms with Crippen LogP contribution in [0.3, 0.4) is 0 Å². The van der Waals surface area contributed by atoms with E-state index in [0.717, 1.165) is 28.1 Å². The van der Waals surface area contributed by atoms with E-state index in [1.54, 1.807) is 36.8 Å². The molecule has 2 unspecified atom stereocenters. The number of hydrogen-bond donors (Lipinski definition) is 8. The number of rotatable bonds is 15. The lowest BCUT2D eigenvalue weighted by Crippen LogP contribution is -2.57. The van der Waals surface area contributed by atoms with Crippen molar-refractivity contribution in [1.29, 1.82) is 0 Å². The molecule has 22 heteroatoms. The van der Waals surface area contributed by atoms with E-state index >= 15 is 0 Å². The number of carboxylic acids is 1. The number of hydrogen-bond acceptors (Lipinski definition) is 13. The van der Waals surface area contributed by atoms with Crippen LogP contribution < -0.4 is 16.7 Å². The molecule has 326 valence electrons. The smallest absolute Gasteiger partial charge is 0.329 e. The highest BCUT2D eigenvalue weighted by Crippen LogP contribution is 2.33. The van der Waals surface area contributed by atoms with E-state index in [1.165, 1.54) is 26.0 Å². The van der Waals surface area contributed by atoms with Crippen LogP contribution in [0, 0.1) is 5.92 Å². The number of aliphatic hydroxyl groups is 3. The van der Waals surface area contributed by atoms with Gasteiger partial charge in [0.1, 0.15) is 42.0 Å². The number of Topliss-reactive ketones (excluding diaryl/α,β-unsaturated/α-hetero) is 1. The highest BCUT2D eigenvalue weighted by Gasteiger charge is 2.50. The van der Waals surface area contributed by atoms with Gasteiger partial charge in [0.25, 0.3) is 0 Å². The maximum atomic E-state index is 12.7. The Bertz CT molecular complexity index is 2360. The molecule has 0 bridgehead atoms. The van der Waals surface area contributed by atoms with Gasteiger partial charge >= 0.3 is 11.7 Å². The van der Waals surface area contributed by atoms with Gasteiger partial charge in [-0.15, -0.1) is 0 Å². The van der Waals surface area contributed by atoms with Gasteiger partial charge in [-0.25, -0.2) is 14.6 Å². The summed E-state index contributed by atoms with van der Waals surface area (Å²) in [4.78, 5) is 58.5. The third-order valence-corrected chi connectivity index (χ3v) is 10.9. The van der Waals surface area contributed by atoms with Crippen LogP contribution in [0.4, 0.5) is 0 Å². The Labute approximate surface area is 367 Å². The number of aliphatic carboxylic acids is 1. The second-order valence-corrected chi connectivity index (χ2v) is 15.7. The van der Waals surface area contributed by atoms with Gasteiger partial charge in [-0.2, -0.15) is 0 Å². The zero-order valence-corrected chi connectivity index (χ0v) is 35.2. The molecule has 0 radical (unpaired) electrons. The van der Waals surface area contributed by atoms with Crippen LogP contribution in [0.2, 0.25) is 20.1 Å². The predicted octanol–water partition coefficient (Wildman–Crippen LogP) is 3.82. The van der Waals surface area contributed by atoms with Gasteiger partial charge in [0.05, 0.1) is 37.4 Å². The van der Waals surface area contributed by atoms with E-state index in [-0.39, 0.29) is 23.2 Å². The number of ether oxygens (including phenoxy) is 2. The zero-order chi connectivity index (χ0) is 44.7. The van der Waals surface area contributed by atoms with Crippen LogP contribution in [0.15, 0.2) is 84.4 Å². The number of halogens is 4. The fraction of sp³-hybridized carbons (Fsp3) is 0.333. The number of nitrogens with two attached hydrogens (primary N) is 1. The number of aromatic amines is 1. The van der Waals surface area contributed by atoms with Gasteiger partial charge in [0.15, 0.2) is 18.1 Å². The van der Waals surface area contributed by atoms with Crippen LogP contribution in [0.25, 0.3) is 0 Å². The van der Waals surface area contributed by atoms with Crippen molar-refractivity contribution in [2.45, 2.75) is 75.8 Å². The Morgan fingerprint density at radius 2 is 1.72 bits per heavy atom. The minimum absolute atomic E-state index is 0.0986. The Balaban J connectivity index is 0.000000246. The number of amides is 1. The number of nitrogens with zero attached hydrogens (tertiary/aromatic N) is 4. The molecule has 0 aliphatic carbocycles. The molecule has 1 fully saturated rings. The first-order valence-electron chi connectivity index (χ1n) is 18.3. The van der Waals surface area contributed by atoms with E-state index in [4.69, 9.17) is 61.6 Å². The summed E-state index contributed by atoms with van der Waals surface area (Å²) in [6, 6.07) is 9.96. The number of imidazole rings is 2. The quantitative estimate of drug-likeness (QED) is 0.0694. The molecule has 9 N–H and O–H groups in total. The monoisotopic (exact) mass is 923 g/mol. The lowest BCUT2D eigenvalue weighted by molar-refractivity contribution is -0.149. The average molecular weight is 926 g/mol. The van der Waals surface area contributed by atoms with E-state index in [9.17, 15) is 44.7 Å². The van der Waals surface area contributed by atoms with Crippen molar-refractivity contribution in [3.05, 3.63) is 133 Å². The summed E-state index contributed by atoms with van der Waals surface area (Å²) in [5, 5.41) is 54.8. The lowest BCUT2D eigenvalue weighted by Gasteiger charge is -2.28. The van der Waals surface area contributed by atoms with Gasteiger partial charge in [-0.3, -0.25) is 19.1 Å². The molecular formula is C39H41Cl4N7O11.